The molecule has 3 aromatic rings. The average molecular weight is 405 g/mol. The van der Waals surface area contributed by atoms with Crippen LogP contribution in [0.25, 0.3) is 0 Å². The van der Waals surface area contributed by atoms with Crippen LogP contribution in [0.2, 0.25) is 0 Å². The first-order valence-corrected chi connectivity index (χ1v) is 9.05. The number of carbonyl (C=O) groups excluding carboxylic acids is 1. The number of aliphatic hydroxyl groups excluding tert-OH is 1. The van der Waals surface area contributed by atoms with Crippen molar-refractivity contribution in [3.63, 3.8) is 0 Å². The van der Waals surface area contributed by atoms with Crippen molar-refractivity contribution in [2.24, 2.45) is 5.10 Å². The van der Waals surface area contributed by atoms with Crippen molar-refractivity contribution >= 4 is 17.8 Å². The molecule has 30 heavy (non-hydrogen) atoms. The largest absolute Gasteiger partial charge is 0.489 e. The smallest absolute Gasteiger partial charge is 0.273 e. The van der Waals surface area contributed by atoms with Gasteiger partial charge in [0.2, 0.25) is 0 Å². The Morgan fingerprint density at radius 2 is 1.73 bits per heavy atom. The molecule has 0 aliphatic carbocycles. The van der Waals surface area contributed by atoms with E-state index in [9.17, 15) is 20.0 Å². The quantitative estimate of drug-likeness (QED) is 0.339. The molecule has 1 unspecified atom stereocenters. The fourth-order valence-corrected chi connectivity index (χ4v) is 2.55. The molecular formula is C22H19N3O5. The topological polar surface area (TPSA) is 114 Å². The maximum atomic E-state index is 11.9. The molecule has 0 aliphatic rings. The molecule has 152 valence electrons. The van der Waals surface area contributed by atoms with Crippen LogP contribution < -0.4 is 10.2 Å². The second kappa shape index (κ2) is 9.94. The summed E-state index contributed by atoms with van der Waals surface area (Å²) in [5, 5.41) is 24.5. The van der Waals surface area contributed by atoms with Crippen LogP contribution in [0.3, 0.4) is 0 Å². The lowest BCUT2D eigenvalue weighted by molar-refractivity contribution is -0.384. The fraction of sp³-hybridized carbons (Fsp3) is 0.0909. The average Bonchev–Trinajstić information content (AvgIpc) is 2.78. The third kappa shape index (κ3) is 5.73. The second-order valence-electron chi connectivity index (χ2n) is 6.33. The molecule has 0 saturated heterocycles. The molecule has 0 aliphatic heterocycles. The molecule has 3 aromatic carbocycles. The number of nitro benzene ring substituents is 1. The number of nitrogens with one attached hydrogen (secondary N) is 1. The highest BCUT2D eigenvalue weighted by atomic mass is 16.6. The molecule has 0 aromatic heterocycles. The summed E-state index contributed by atoms with van der Waals surface area (Å²) < 4.78 is 5.65. The third-order valence-electron chi connectivity index (χ3n) is 4.18. The molecule has 8 nitrogen and oxygen atoms in total. The van der Waals surface area contributed by atoms with Gasteiger partial charge in [0.25, 0.3) is 11.6 Å². The number of nitro groups is 1. The van der Waals surface area contributed by atoms with E-state index in [0.29, 0.717) is 11.3 Å². The van der Waals surface area contributed by atoms with E-state index in [2.05, 4.69) is 10.5 Å². The van der Waals surface area contributed by atoms with E-state index in [4.69, 9.17) is 4.74 Å². The van der Waals surface area contributed by atoms with Gasteiger partial charge in [-0.15, -0.1) is 0 Å². The zero-order chi connectivity index (χ0) is 21.3. The minimum atomic E-state index is -1.29. The Morgan fingerprint density at radius 1 is 1.07 bits per heavy atom. The van der Waals surface area contributed by atoms with E-state index < -0.39 is 16.9 Å². The van der Waals surface area contributed by atoms with Crippen LogP contribution in [0.1, 0.15) is 22.8 Å². The summed E-state index contributed by atoms with van der Waals surface area (Å²) >= 11 is 0. The van der Waals surface area contributed by atoms with E-state index in [-0.39, 0.29) is 12.3 Å². The van der Waals surface area contributed by atoms with Gasteiger partial charge >= 0.3 is 0 Å². The van der Waals surface area contributed by atoms with Gasteiger partial charge in [0.05, 0.1) is 11.1 Å². The van der Waals surface area contributed by atoms with Gasteiger partial charge in [0, 0.05) is 12.1 Å². The van der Waals surface area contributed by atoms with E-state index in [1.807, 2.05) is 0 Å². The van der Waals surface area contributed by atoms with E-state index in [1.54, 1.807) is 66.7 Å². The number of carbonyl (C=O) groups is 1. The van der Waals surface area contributed by atoms with Crippen molar-refractivity contribution in [1.29, 1.82) is 0 Å². The lowest BCUT2D eigenvalue weighted by Crippen LogP contribution is -2.25. The summed E-state index contributed by atoms with van der Waals surface area (Å²) in [4.78, 5) is 22.1. The number of hydrogen-bond donors (Lipinski definition) is 2. The minimum absolute atomic E-state index is 0.0331. The summed E-state index contributed by atoms with van der Waals surface area (Å²) in [5.74, 6) is -0.00506. The molecule has 3 rings (SSSR count). The molecule has 0 spiro atoms. The first-order valence-electron chi connectivity index (χ1n) is 9.05. The highest BCUT2D eigenvalue weighted by Gasteiger charge is 2.15. The number of hydrazone groups is 1. The Hall–Kier alpha value is -4.04. The van der Waals surface area contributed by atoms with Crippen LogP contribution in [0.5, 0.6) is 5.75 Å². The van der Waals surface area contributed by atoms with Gasteiger partial charge in [-0.1, -0.05) is 30.3 Å². The van der Waals surface area contributed by atoms with Crippen molar-refractivity contribution in [3.8, 4) is 5.75 Å². The molecule has 0 radical (unpaired) electrons. The number of nitrogens with zero attached hydrogens (tertiary/aromatic N) is 2. The third-order valence-corrected chi connectivity index (χ3v) is 4.18. The number of rotatable bonds is 8. The lowest BCUT2D eigenvalue weighted by atomic mass is 10.1. The lowest BCUT2D eigenvalue weighted by Gasteiger charge is -2.08. The zero-order valence-corrected chi connectivity index (χ0v) is 15.8. The second-order valence-corrected chi connectivity index (χ2v) is 6.33. The molecule has 1 atom stereocenters. The van der Waals surface area contributed by atoms with E-state index >= 15 is 0 Å². The standard InChI is InChI=1S/C22H19N3O5/c26-21(18-4-2-1-3-5-18)22(27)24-23-14-16-8-12-20(13-9-16)30-15-17-6-10-19(11-7-17)25(28)29/h1-14,21,26H,15H2,(H,24,27)/b23-14+. The Balaban J connectivity index is 1.49. The van der Waals surface area contributed by atoms with Crippen molar-refractivity contribution < 1.29 is 19.6 Å². The number of ether oxygens (including phenoxy) is 1. The van der Waals surface area contributed by atoms with Crippen LogP contribution in [-0.2, 0) is 11.4 Å². The highest BCUT2D eigenvalue weighted by molar-refractivity contribution is 5.85. The van der Waals surface area contributed by atoms with Gasteiger partial charge in [0.15, 0.2) is 6.10 Å². The highest BCUT2D eigenvalue weighted by Crippen LogP contribution is 2.16. The van der Waals surface area contributed by atoms with Gasteiger partial charge in [0.1, 0.15) is 12.4 Å². The van der Waals surface area contributed by atoms with E-state index in [1.165, 1.54) is 18.3 Å². The maximum Gasteiger partial charge on any atom is 0.273 e. The van der Waals surface area contributed by atoms with Crippen LogP contribution in [0, 0.1) is 10.1 Å². The Bertz CT molecular complexity index is 1020. The van der Waals surface area contributed by atoms with Gasteiger partial charge in [-0.25, -0.2) is 5.43 Å². The van der Waals surface area contributed by atoms with Gasteiger partial charge < -0.3 is 9.84 Å². The number of benzene rings is 3. The summed E-state index contributed by atoms with van der Waals surface area (Å²) in [6.07, 6.45) is 0.161. The Morgan fingerprint density at radius 3 is 2.37 bits per heavy atom. The predicted octanol–water partition coefficient (Wildman–Crippen LogP) is 3.36. The number of non-ortho nitro benzene ring substituents is 1. The molecule has 0 bridgehead atoms. The summed E-state index contributed by atoms with van der Waals surface area (Å²) in [6, 6.07) is 21.7. The molecule has 0 heterocycles. The molecule has 8 heteroatoms. The molecular weight excluding hydrogens is 386 g/mol. The van der Waals surface area contributed by atoms with Crippen molar-refractivity contribution in [2.45, 2.75) is 12.7 Å². The SMILES string of the molecule is O=C(N/N=C/c1ccc(OCc2ccc([N+](=O)[O-])cc2)cc1)C(O)c1ccccc1. The number of aliphatic hydroxyl groups is 1. The zero-order valence-electron chi connectivity index (χ0n) is 15.8. The Labute approximate surface area is 172 Å². The van der Waals surface area contributed by atoms with E-state index in [0.717, 1.165) is 11.1 Å². The molecule has 0 fully saturated rings. The molecule has 1 amide bonds. The van der Waals surface area contributed by atoms with Gasteiger partial charge in [-0.3, -0.25) is 14.9 Å². The summed E-state index contributed by atoms with van der Waals surface area (Å²) in [7, 11) is 0. The fourth-order valence-electron chi connectivity index (χ4n) is 2.55. The predicted molar refractivity (Wildman–Crippen MR) is 111 cm³/mol. The molecule has 0 saturated carbocycles. The number of hydrogen-bond acceptors (Lipinski definition) is 6. The first-order chi connectivity index (χ1) is 14.5. The normalized spacial score (nSPS) is 11.8. The van der Waals surface area contributed by atoms with Crippen molar-refractivity contribution in [1.82, 2.24) is 5.43 Å². The van der Waals surface area contributed by atoms with Crippen LogP contribution in [-0.4, -0.2) is 22.2 Å². The number of amides is 1. The van der Waals surface area contributed by atoms with Crippen molar-refractivity contribution in [2.75, 3.05) is 0 Å². The van der Waals surface area contributed by atoms with Crippen LogP contribution in [0.15, 0.2) is 84.0 Å². The first kappa shape index (κ1) is 20.7. The maximum absolute atomic E-state index is 11.9. The summed E-state index contributed by atoms with van der Waals surface area (Å²) in [6.45, 7) is 0.277. The van der Waals surface area contributed by atoms with Crippen molar-refractivity contribution in [3.05, 3.63) is 106 Å². The van der Waals surface area contributed by atoms with Crippen LogP contribution >= 0.6 is 0 Å². The monoisotopic (exact) mass is 405 g/mol. The Kier molecular flexibility index (Phi) is 6.86. The van der Waals surface area contributed by atoms with Crippen LogP contribution in [0.4, 0.5) is 5.69 Å². The summed E-state index contributed by atoms with van der Waals surface area (Å²) in [5.41, 5.74) is 4.36. The van der Waals surface area contributed by atoms with Gasteiger partial charge in [-0.2, -0.15) is 5.10 Å². The minimum Gasteiger partial charge on any atom is -0.489 e. The molecule has 2 N–H and O–H groups in total. The van der Waals surface area contributed by atoms with Gasteiger partial charge in [-0.05, 0) is 53.1 Å².